The summed E-state index contributed by atoms with van der Waals surface area (Å²) in [7, 11) is 0. The van der Waals surface area contributed by atoms with Crippen LogP contribution in [0.25, 0.3) is 0 Å². The van der Waals surface area contributed by atoms with Crippen molar-refractivity contribution in [2.75, 3.05) is 6.54 Å². The first-order valence-corrected chi connectivity index (χ1v) is 6.04. The third-order valence-corrected chi connectivity index (χ3v) is 3.79. The summed E-state index contributed by atoms with van der Waals surface area (Å²) in [6, 6.07) is 11.2. The van der Waals surface area contributed by atoms with Crippen LogP contribution in [0.15, 0.2) is 30.3 Å². The molecule has 1 saturated carbocycles. The van der Waals surface area contributed by atoms with Crippen LogP contribution in [-0.2, 0) is 0 Å². The largest absolute Gasteiger partial charge is 0.310 e. The fraction of sp³-hybridized carbons (Fsp3) is 0.571. The van der Waals surface area contributed by atoms with Gasteiger partial charge < -0.3 is 5.32 Å². The Labute approximate surface area is 92.9 Å². The Morgan fingerprint density at radius 2 is 1.93 bits per heavy atom. The van der Waals surface area contributed by atoms with Crippen molar-refractivity contribution in [2.45, 2.75) is 39.2 Å². The van der Waals surface area contributed by atoms with Crippen molar-refractivity contribution in [3.8, 4) is 0 Å². The molecule has 1 aromatic rings. The standard InChI is InChI=1S/C14H21N/c1-3-14(9-10-14)11-15-12(2)13-7-5-4-6-8-13/h4-8,12,15H,3,9-11H2,1-2H3. The van der Waals surface area contributed by atoms with Gasteiger partial charge in [-0.25, -0.2) is 0 Å². The number of hydrogen-bond donors (Lipinski definition) is 1. The molecule has 1 aliphatic rings. The second kappa shape index (κ2) is 4.36. The molecule has 82 valence electrons. The van der Waals surface area contributed by atoms with Gasteiger partial charge >= 0.3 is 0 Å². The first kappa shape index (κ1) is 10.7. The topological polar surface area (TPSA) is 12.0 Å². The second-order valence-corrected chi connectivity index (χ2v) is 4.87. The highest BCUT2D eigenvalue weighted by atomic mass is 14.9. The molecule has 0 bridgehead atoms. The van der Waals surface area contributed by atoms with Gasteiger partial charge in [0.15, 0.2) is 0 Å². The van der Waals surface area contributed by atoms with Gasteiger partial charge in [-0.3, -0.25) is 0 Å². The smallest absolute Gasteiger partial charge is 0.0292 e. The van der Waals surface area contributed by atoms with Gasteiger partial charge in [-0.2, -0.15) is 0 Å². The van der Waals surface area contributed by atoms with Gasteiger partial charge in [0.05, 0.1) is 0 Å². The van der Waals surface area contributed by atoms with E-state index in [-0.39, 0.29) is 0 Å². The zero-order chi connectivity index (χ0) is 10.7. The lowest BCUT2D eigenvalue weighted by molar-refractivity contribution is 0.415. The molecule has 1 unspecified atom stereocenters. The minimum Gasteiger partial charge on any atom is -0.310 e. The van der Waals surface area contributed by atoms with Crippen LogP contribution >= 0.6 is 0 Å². The summed E-state index contributed by atoms with van der Waals surface area (Å²) >= 11 is 0. The van der Waals surface area contributed by atoms with Gasteiger partial charge in [-0.15, -0.1) is 0 Å². The van der Waals surface area contributed by atoms with Crippen LogP contribution in [0.2, 0.25) is 0 Å². The first-order chi connectivity index (χ1) is 7.26. The zero-order valence-corrected chi connectivity index (χ0v) is 9.79. The molecule has 2 rings (SSSR count). The van der Waals surface area contributed by atoms with Crippen molar-refractivity contribution in [2.24, 2.45) is 5.41 Å². The quantitative estimate of drug-likeness (QED) is 0.772. The minimum absolute atomic E-state index is 0.482. The van der Waals surface area contributed by atoms with E-state index >= 15 is 0 Å². The molecule has 1 atom stereocenters. The first-order valence-electron chi connectivity index (χ1n) is 6.04. The second-order valence-electron chi connectivity index (χ2n) is 4.87. The van der Waals surface area contributed by atoms with Crippen molar-refractivity contribution >= 4 is 0 Å². The SMILES string of the molecule is CCC1(CNC(C)c2ccccc2)CC1. The van der Waals surface area contributed by atoms with E-state index in [0.717, 1.165) is 0 Å². The van der Waals surface area contributed by atoms with Crippen molar-refractivity contribution < 1.29 is 0 Å². The highest BCUT2D eigenvalue weighted by Crippen LogP contribution is 2.48. The van der Waals surface area contributed by atoms with Gasteiger partial charge in [0.1, 0.15) is 0 Å². The fourth-order valence-corrected chi connectivity index (χ4v) is 2.06. The monoisotopic (exact) mass is 203 g/mol. The number of benzene rings is 1. The highest BCUT2D eigenvalue weighted by molar-refractivity contribution is 5.18. The van der Waals surface area contributed by atoms with Crippen LogP contribution < -0.4 is 5.32 Å². The van der Waals surface area contributed by atoms with Crippen LogP contribution in [0.4, 0.5) is 0 Å². The molecule has 0 heterocycles. The summed E-state index contributed by atoms with van der Waals surface area (Å²) in [6.07, 6.45) is 4.15. The van der Waals surface area contributed by atoms with E-state index in [2.05, 4.69) is 49.5 Å². The maximum absolute atomic E-state index is 3.65. The van der Waals surface area contributed by atoms with E-state index in [0.29, 0.717) is 11.5 Å². The molecule has 15 heavy (non-hydrogen) atoms. The Balaban J connectivity index is 1.85. The van der Waals surface area contributed by atoms with E-state index in [9.17, 15) is 0 Å². The molecule has 0 spiro atoms. The van der Waals surface area contributed by atoms with Crippen molar-refractivity contribution in [3.05, 3.63) is 35.9 Å². The summed E-state index contributed by atoms with van der Waals surface area (Å²) in [6.45, 7) is 5.74. The summed E-state index contributed by atoms with van der Waals surface area (Å²) < 4.78 is 0. The molecule has 1 heteroatoms. The van der Waals surface area contributed by atoms with Crippen molar-refractivity contribution in [1.82, 2.24) is 5.32 Å². The summed E-state index contributed by atoms with van der Waals surface area (Å²) in [5.74, 6) is 0. The Kier molecular flexibility index (Phi) is 3.11. The summed E-state index contributed by atoms with van der Waals surface area (Å²) in [5, 5.41) is 3.65. The van der Waals surface area contributed by atoms with Crippen molar-refractivity contribution in [1.29, 1.82) is 0 Å². The average Bonchev–Trinajstić information content (AvgIpc) is 3.08. The Morgan fingerprint density at radius 3 is 2.47 bits per heavy atom. The van der Waals surface area contributed by atoms with Crippen LogP contribution in [0.5, 0.6) is 0 Å². The van der Waals surface area contributed by atoms with Crippen LogP contribution in [0.1, 0.15) is 44.7 Å². The van der Waals surface area contributed by atoms with Crippen molar-refractivity contribution in [3.63, 3.8) is 0 Å². The molecule has 1 fully saturated rings. The van der Waals surface area contributed by atoms with Crippen LogP contribution in [0.3, 0.4) is 0 Å². The summed E-state index contributed by atoms with van der Waals surface area (Å²) in [5.41, 5.74) is 2.03. The Hall–Kier alpha value is -0.820. The van der Waals surface area contributed by atoms with E-state index < -0.39 is 0 Å². The van der Waals surface area contributed by atoms with E-state index in [1.165, 1.54) is 31.4 Å². The maximum atomic E-state index is 3.65. The molecule has 1 nitrogen and oxygen atoms in total. The maximum Gasteiger partial charge on any atom is 0.0292 e. The third kappa shape index (κ3) is 2.60. The van der Waals surface area contributed by atoms with E-state index in [1.807, 2.05) is 0 Å². The van der Waals surface area contributed by atoms with Gasteiger partial charge in [0, 0.05) is 12.6 Å². The summed E-state index contributed by atoms with van der Waals surface area (Å²) in [4.78, 5) is 0. The van der Waals surface area contributed by atoms with Crippen LogP contribution in [0, 0.1) is 5.41 Å². The Morgan fingerprint density at radius 1 is 1.27 bits per heavy atom. The molecule has 0 radical (unpaired) electrons. The average molecular weight is 203 g/mol. The third-order valence-electron chi connectivity index (χ3n) is 3.79. The normalized spacial score (nSPS) is 19.9. The molecule has 1 N–H and O–H groups in total. The molecule has 1 aromatic carbocycles. The zero-order valence-electron chi connectivity index (χ0n) is 9.79. The number of rotatable bonds is 5. The highest BCUT2D eigenvalue weighted by Gasteiger charge is 2.40. The molecule has 0 saturated heterocycles. The lowest BCUT2D eigenvalue weighted by atomic mass is 10.0. The fourth-order valence-electron chi connectivity index (χ4n) is 2.06. The lowest BCUT2D eigenvalue weighted by Crippen LogP contribution is -2.26. The number of hydrogen-bond acceptors (Lipinski definition) is 1. The molecular formula is C14H21N. The van der Waals surface area contributed by atoms with Gasteiger partial charge in [-0.1, -0.05) is 37.3 Å². The molecule has 1 aliphatic carbocycles. The van der Waals surface area contributed by atoms with Gasteiger partial charge in [0.25, 0.3) is 0 Å². The molecule has 0 aliphatic heterocycles. The van der Waals surface area contributed by atoms with Crippen LogP contribution in [-0.4, -0.2) is 6.54 Å². The molecule has 0 aromatic heterocycles. The van der Waals surface area contributed by atoms with E-state index in [1.54, 1.807) is 0 Å². The molecular weight excluding hydrogens is 182 g/mol. The van der Waals surface area contributed by atoms with E-state index in [4.69, 9.17) is 0 Å². The predicted octanol–water partition coefficient (Wildman–Crippen LogP) is 3.53. The molecule has 0 amide bonds. The predicted molar refractivity (Wildman–Crippen MR) is 64.8 cm³/mol. The number of nitrogens with one attached hydrogen (secondary N) is 1. The van der Waals surface area contributed by atoms with Gasteiger partial charge in [0.2, 0.25) is 0 Å². The minimum atomic E-state index is 0.482. The lowest BCUT2D eigenvalue weighted by Gasteiger charge is -2.19. The Bertz CT molecular complexity index is 300. The van der Waals surface area contributed by atoms with Gasteiger partial charge in [-0.05, 0) is 37.2 Å².